The van der Waals surface area contributed by atoms with Gasteiger partial charge in [0, 0.05) is 49.4 Å². The lowest BCUT2D eigenvalue weighted by Gasteiger charge is -2.19. The van der Waals surface area contributed by atoms with Gasteiger partial charge in [0.15, 0.2) is 17.5 Å². The molecule has 0 saturated carbocycles. The van der Waals surface area contributed by atoms with Crippen LogP contribution in [0.4, 0.5) is 0 Å². The molecule has 6 nitrogen and oxygen atoms in total. The molecule has 0 fully saturated rings. The lowest BCUT2D eigenvalue weighted by molar-refractivity contribution is 1.07. The van der Waals surface area contributed by atoms with Crippen molar-refractivity contribution in [1.29, 1.82) is 5.26 Å². The molecule has 0 unspecified atom stereocenters. The SMILES string of the molecule is N#Cc1c(-c2ccc(-c3nc(-c4ccccc4)nc(-c4ccccc4)n3)cc2-n2c3ccccc3c3cc(-c4ccccc4)ccc32)cccc1-n1c2ccccc2c2cc(-c3ccccc3)ccc21. The zero-order chi connectivity index (χ0) is 46.5. The van der Waals surface area contributed by atoms with Crippen molar-refractivity contribution >= 4 is 43.6 Å². The van der Waals surface area contributed by atoms with Crippen molar-refractivity contribution in [2.24, 2.45) is 0 Å². The summed E-state index contributed by atoms with van der Waals surface area (Å²) in [4.78, 5) is 15.3. The van der Waals surface area contributed by atoms with Gasteiger partial charge in [-0.3, -0.25) is 0 Å². The zero-order valence-electron chi connectivity index (χ0n) is 37.8. The molecule has 0 bridgehead atoms. The Morgan fingerprint density at radius 1 is 0.286 bits per heavy atom. The largest absolute Gasteiger partial charge is 0.309 e. The first-order chi connectivity index (χ1) is 34.7. The first kappa shape index (κ1) is 40.6. The third kappa shape index (κ3) is 6.84. The number of rotatable bonds is 8. The molecule has 326 valence electrons. The Labute approximate surface area is 404 Å². The summed E-state index contributed by atoms with van der Waals surface area (Å²) in [5, 5.41) is 16.0. The number of nitriles is 1. The lowest BCUT2D eigenvalue weighted by atomic mass is 9.95. The third-order valence-electron chi connectivity index (χ3n) is 13.4. The van der Waals surface area contributed by atoms with Crippen LogP contribution in [0.1, 0.15) is 5.56 Å². The molecule has 0 aliphatic carbocycles. The molecule has 3 aromatic heterocycles. The highest BCUT2D eigenvalue weighted by Crippen LogP contribution is 2.43. The van der Waals surface area contributed by atoms with Crippen LogP contribution in [-0.4, -0.2) is 24.1 Å². The van der Waals surface area contributed by atoms with Crippen LogP contribution in [0.5, 0.6) is 0 Å². The van der Waals surface area contributed by atoms with Crippen LogP contribution >= 0.6 is 0 Å². The van der Waals surface area contributed by atoms with Crippen molar-refractivity contribution in [2.75, 3.05) is 0 Å². The van der Waals surface area contributed by atoms with E-state index >= 15 is 0 Å². The number of fused-ring (bicyclic) bond motifs is 6. The first-order valence-corrected chi connectivity index (χ1v) is 23.4. The minimum Gasteiger partial charge on any atom is -0.309 e. The Bertz CT molecular complexity index is 4110. The summed E-state index contributed by atoms with van der Waals surface area (Å²) in [7, 11) is 0. The molecular weight excluding hydrogens is 853 g/mol. The molecule has 0 N–H and O–H groups in total. The number of benzene rings is 10. The summed E-state index contributed by atoms with van der Waals surface area (Å²) in [5.74, 6) is 1.71. The maximum absolute atomic E-state index is 11.5. The average molecular weight is 893 g/mol. The van der Waals surface area contributed by atoms with E-state index in [0.717, 1.165) is 105 Å². The molecule has 0 atom stereocenters. The van der Waals surface area contributed by atoms with E-state index in [9.17, 15) is 5.26 Å². The highest BCUT2D eigenvalue weighted by Gasteiger charge is 2.23. The van der Waals surface area contributed by atoms with Crippen LogP contribution in [0.15, 0.2) is 243 Å². The van der Waals surface area contributed by atoms with E-state index in [1.165, 1.54) is 0 Å². The molecule has 0 saturated heterocycles. The second-order valence-electron chi connectivity index (χ2n) is 17.5. The smallest absolute Gasteiger partial charge is 0.164 e. The minimum atomic E-state index is 0.544. The topological polar surface area (TPSA) is 72.3 Å². The molecular formula is C64H40N6. The van der Waals surface area contributed by atoms with Gasteiger partial charge in [0.05, 0.1) is 39.0 Å². The average Bonchev–Trinajstić information content (AvgIpc) is 3.95. The number of hydrogen-bond acceptors (Lipinski definition) is 4. The van der Waals surface area contributed by atoms with Gasteiger partial charge in [0.2, 0.25) is 0 Å². The Morgan fingerprint density at radius 2 is 0.700 bits per heavy atom. The minimum absolute atomic E-state index is 0.544. The van der Waals surface area contributed by atoms with Gasteiger partial charge in [-0.2, -0.15) is 5.26 Å². The molecule has 13 rings (SSSR count). The molecule has 13 aromatic rings. The van der Waals surface area contributed by atoms with Crippen molar-refractivity contribution in [1.82, 2.24) is 24.1 Å². The van der Waals surface area contributed by atoms with Crippen molar-refractivity contribution in [3.63, 3.8) is 0 Å². The van der Waals surface area contributed by atoms with E-state index in [1.807, 2.05) is 72.8 Å². The summed E-state index contributed by atoms with van der Waals surface area (Å²) < 4.78 is 4.59. The van der Waals surface area contributed by atoms with Gasteiger partial charge >= 0.3 is 0 Å². The van der Waals surface area contributed by atoms with Gasteiger partial charge in [-0.05, 0) is 70.8 Å². The molecule has 6 heteroatoms. The monoisotopic (exact) mass is 892 g/mol. The second-order valence-corrected chi connectivity index (χ2v) is 17.5. The van der Waals surface area contributed by atoms with Gasteiger partial charge in [-0.25, -0.2) is 15.0 Å². The van der Waals surface area contributed by atoms with Gasteiger partial charge in [0.25, 0.3) is 0 Å². The highest BCUT2D eigenvalue weighted by atomic mass is 15.0. The van der Waals surface area contributed by atoms with Crippen LogP contribution in [0.2, 0.25) is 0 Å². The molecule has 0 aliphatic heterocycles. The van der Waals surface area contributed by atoms with Crippen molar-refractivity contribution in [2.45, 2.75) is 0 Å². The second kappa shape index (κ2) is 16.9. The van der Waals surface area contributed by atoms with E-state index in [4.69, 9.17) is 15.0 Å². The fourth-order valence-corrected chi connectivity index (χ4v) is 10.2. The summed E-state index contributed by atoms with van der Waals surface area (Å²) >= 11 is 0. The molecule has 10 aromatic carbocycles. The van der Waals surface area contributed by atoms with E-state index in [1.54, 1.807) is 0 Å². The molecule has 0 aliphatic rings. The summed E-state index contributed by atoms with van der Waals surface area (Å²) in [5.41, 5.74) is 15.3. The quantitative estimate of drug-likeness (QED) is 0.152. The summed E-state index contributed by atoms with van der Waals surface area (Å²) in [6, 6.07) is 86.9. The van der Waals surface area contributed by atoms with Crippen LogP contribution < -0.4 is 0 Å². The fourth-order valence-electron chi connectivity index (χ4n) is 10.2. The molecule has 0 spiro atoms. The van der Waals surface area contributed by atoms with Crippen LogP contribution in [0.3, 0.4) is 0 Å². The number of para-hydroxylation sites is 2. The van der Waals surface area contributed by atoms with Crippen LogP contribution in [-0.2, 0) is 0 Å². The first-order valence-electron chi connectivity index (χ1n) is 23.4. The van der Waals surface area contributed by atoms with Crippen LogP contribution in [0, 0.1) is 11.3 Å². The molecule has 0 radical (unpaired) electrons. The van der Waals surface area contributed by atoms with Crippen molar-refractivity contribution in [3.05, 3.63) is 248 Å². The Kier molecular flexibility index (Phi) is 9.78. The summed E-state index contributed by atoms with van der Waals surface area (Å²) in [6.07, 6.45) is 0. The van der Waals surface area contributed by atoms with Crippen LogP contribution in [0.25, 0.3) is 123 Å². The van der Waals surface area contributed by atoms with E-state index in [0.29, 0.717) is 23.0 Å². The fraction of sp³-hybridized carbons (Fsp3) is 0. The van der Waals surface area contributed by atoms with E-state index < -0.39 is 0 Å². The molecule has 0 amide bonds. The third-order valence-corrected chi connectivity index (χ3v) is 13.4. The maximum Gasteiger partial charge on any atom is 0.164 e. The van der Waals surface area contributed by atoms with Gasteiger partial charge in [-0.1, -0.05) is 194 Å². The van der Waals surface area contributed by atoms with Crippen molar-refractivity contribution < 1.29 is 0 Å². The number of hydrogen-bond donors (Lipinski definition) is 0. The number of nitrogens with zero attached hydrogens (tertiary/aromatic N) is 6. The van der Waals surface area contributed by atoms with Gasteiger partial charge in [-0.15, -0.1) is 0 Å². The highest BCUT2D eigenvalue weighted by molar-refractivity contribution is 6.12. The maximum atomic E-state index is 11.5. The normalized spacial score (nSPS) is 11.4. The van der Waals surface area contributed by atoms with Gasteiger partial charge < -0.3 is 9.13 Å². The van der Waals surface area contributed by atoms with E-state index in [-0.39, 0.29) is 0 Å². The predicted molar refractivity (Wildman–Crippen MR) is 286 cm³/mol. The molecule has 70 heavy (non-hydrogen) atoms. The standard InChI is InChI=1S/C64H40N6/c65-41-55-49(28-17-31-58(55)69-56-29-15-13-26-50(56)53-38-46(33-36-59(53)69)42-18-5-1-6-19-42)52-35-32-48(64-67-62(44-22-9-3-10-23-44)66-63(68-64)45-24-11-4-12-25-45)40-61(52)70-57-30-16-14-27-51(57)54-39-47(34-37-60(54)70)43-20-7-2-8-21-43/h1-40H. The van der Waals surface area contributed by atoms with Gasteiger partial charge in [0.1, 0.15) is 6.07 Å². The molecule has 3 heterocycles. The lowest BCUT2D eigenvalue weighted by Crippen LogP contribution is -2.04. The van der Waals surface area contributed by atoms with E-state index in [2.05, 4.69) is 185 Å². The van der Waals surface area contributed by atoms with Crippen molar-refractivity contribution in [3.8, 4) is 85.0 Å². The zero-order valence-corrected chi connectivity index (χ0v) is 37.8. The summed E-state index contributed by atoms with van der Waals surface area (Å²) in [6.45, 7) is 0. The Morgan fingerprint density at radius 3 is 1.20 bits per heavy atom. The predicted octanol–water partition coefficient (Wildman–Crippen LogP) is 15.9. The number of aromatic nitrogens is 5. The Balaban J connectivity index is 1.07. The Hall–Kier alpha value is -9.70.